The Morgan fingerprint density at radius 3 is 2.49 bits per heavy atom. The van der Waals surface area contributed by atoms with Crippen LogP contribution >= 0.6 is 0 Å². The third-order valence-corrected chi connectivity index (χ3v) is 9.04. The Kier molecular flexibility index (Phi) is 10.7. The first-order chi connectivity index (χ1) is 18.9. The SMILES string of the molecule is CCCCC1(CC2CCCCC2)N=C(N)N(Cc2ccc(CNC(=O)NCCC3CCCCN3C)cc2)C1=O. The molecule has 4 N–H and O–H groups in total. The maximum absolute atomic E-state index is 13.7. The fraction of sp³-hybridized carbons (Fsp3) is 0.710. The minimum atomic E-state index is -0.689. The van der Waals surface area contributed by atoms with E-state index in [0.717, 1.165) is 49.8 Å². The largest absolute Gasteiger partial charge is 0.369 e. The van der Waals surface area contributed by atoms with Crippen LogP contribution in [0.2, 0.25) is 0 Å². The van der Waals surface area contributed by atoms with Crippen LogP contribution in [0, 0.1) is 5.92 Å². The summed E-state index contributed by atoms with van der Waals surface area (Å²) in [5.74, 6) is 0.989. The molecule has 216 valence electrons. The molecule has 39 heavy (non-hydrogen) atoms. The Hall–Kier alpha value is -2.61. The lowest BCUT2D eigenvalue weighted by Gasteiger charge is -2.32. The fourth-order valence-electron chi connectivity index (χ4n) is 6.62. The van der Waals surface area contributed by atoms with Crippen LogP contribution < -0.4 is 16.4 Å². The number of nitrogens with one attached hydrogen (secondary N) is 2. The van der Waals surface area contributed by atoms with Crippen LogP contribution in [0.25, 0.3) is 0 Å². The second-order valence-corrected chi connectivity index (χ2v) is 12.0. The van der Waals surface area contributed by atoms with E-state index < -0.39 is 5.54 Å². The van der Waals surface area contributed by atoms with Crippen LogP contribution in [-0.2, 0) is 17.9 Å². The molecule has 3 aliphatic rings. The lowest BCUT2D eigenvalue weighted by atomic mass is 9.77. The van der Waals surface area contributed by atoms with Crippen LogP contribution in [0.1, 0.15) is 102 Å². The third kappa shape index (κ3) is 7.96. The zero-order valence-corrected chi connectivity index (χ0v) is 24.2. The molecule has 0 radical (unpaired) electrons. The summed E-state index contributed by atoms with van der Waals surface area (Å²) in [5.41, 5.74) is 7.71. The van der Waals surface area contributed by atoms with Crippen molar-refractivity contribution in [2.75, 3.05) is 20.1 Å². The molecule has 4 rings (SSSR count). The number of unbranched alkanes of at least 4 members (excludes halogenated alkanes) is 1. The zero-order valence-electron chi connectivity index (χ0n) is 24.2. The second kappa shape index (κ2) is 14.1. The number of carbonyl (C=O) groups is 2. The summed E-state index contributed by atoms with van der Waals surface area (Å²) in [6.07, 6.45) is 14.6. The maximum atomic E-state index is 13.7. The molecule has 2 unspecified atom stereocenters. The molecule has 1 saturated carbocycles. The third-order valence-electron chi connectivity index (χ3n) is 9.04. The number of hydrogen-bond acceptors (Lipinski definition) is 5. The number of amides is 3. The molecule has 0 spiro atoms. The van der Waals surface area contributed by atoms with E-state index >= 15 is 0 Å². The molecule has 8 nitrogen and oxygen atoms in total. The van der Waals surface area contributed by atoms with E-state index in [0.29, 0.717) is 37.6 Å². The van der Waals surface area contributed by atoms with E-state index in [1.807, 2.05) is 24.3 Å². The first kappa shape index (κ1) is 29.4. The highest BCUT2D eigenvalue weighted by Gasteiger charge is 2.48. The summed E-state index contributed by atoms with van der Waals surface area (Å²) < 4.78 is 0. The van der Waals surface area contributed by atoms with Gasteiger partial charge in [0.2, 0.25) is 0 Å². The van der Waals surface area contributed by atoms with Crippen molar-refractivity contribution < 1.29 is 9.59 Å². The molecule has 2 aliphatic heterocycles. The van der Waals surface area contributed by atoms with E-state index in [4.69, 9.17) is 10.7 Å². The Morgan fingerprint density at radius 2 is 1.77 bits per heavy atom. The first-order valence-corrected chi connectivity index (χ1v) is 15.4. The molecule has 1 saturated heterocycles. The predicted octanol–water partition coefficient (Wildman–Crippen LogP) is 4.92. The number of rotatable bonds is 12. The normalized spacial score (nSPS) is 24.6. The van der Waals surface area contributed by atoms with Crippen LogP contribution in [0.3, 0.4) is 0 Å². The van der Waals surface area contributed by atoms with Gasteiger partial charge in [0.05, 0.1) is 6.54 Å². The average molecular weight is 539 g/mol. The summed E-state index contributed by atoms with van der Waals surface area (Å²) in [6, 6.07) is 8.48. The molecular weight excluding hydrogens is 488 g/mol. The van der Waals surface area contributed by atoms with Crippen molar-refractivity contribution in [2.24, 2.45) is 16.6 Å². The first-order valence-electron chi connectivity index (χ1n) is 15.4. The number of benzene rings is 1. The van der Waals surface area contributed by atoms with Crippen LogP contribution in [0.15, 0.2) is 29.3 Å². The Labute approximate surface area is 235 Å². The number of likely N-dealkylation sites (tertiary alicyclic amines) is 1. The fourth-order valence-corrected chi connectivity index (χ4v) is 6.62. The number of hydrogen-bond donors (Lipinski definition) is 3. The molecule has 1 aromatic rings. The summed E-state index contributed by atoms with van der Waals surface area (Å²) in [5, 5.41) is 5.95. The predicted molar refractivity (Wildman–Crippen MR) is 157 cm³/mol. The topological polar surface area (TPSA) is 103 Å². The molecule has 8 heteroatoms. The number of aliphatic imine (C=N–C) groups is 1. The monoisotopic (exact) mass is 538 g/mol. The van der Waals surface area contributed by atoms with Gasteiger partial charge in [-0.1, -0.05) is 82.6 Å². The minimum absolute atomic E-state index is 0.0702. The smallest absolute Gasteiger partial charge is 0.315 e. The van der Waals surface area contributed by atoms with Gasteiger partial charge >= 0.3 is 6.03 Å². The summed E-state index contributed by atoms with van der Waals surface area (Å²) in [6.45, 7) is 4.89. The van der Waals surface area contributed by atoms with E-state index in [2.05, 4.69) is 29.5 Å². The van der Waals surface area contributed by atoms with Crippen LogP contribution in [-0.4, -0.2) is 59.4 Å². The van der Waals surface area contributed by atoms with Crippen molar-refractivity contribution in [3.63, 3.8) is 0 Å². The average Bonchev–Trinajstić information content (AvgIpc) is 3.17. The van der Waals surface area contributed by atoms with Crippen molar-refractivity contribution in [3.8, 4) is 0 Å². The minimum Gasteiger partial charge on any atom is -0.369 e. The van der Waals surface area contributed by atoms with Crippen LogP contribution in [0.5, 0.6) is 0 Å². The van der Waals surface area contributed by atoms with E-state index in [1.165, 1.54) is 51.4 Å². The van der Waals surface area contributed by atoms with Gasteiger partial charge in [-0.25, -0.2) is 9.79 Å². The maximum Gasteiger partial charge on any atom is 0.315 e. The van der Waals surface area contributed by atoms with E-state index in [9.17, 15) is 9.59 Å². The van der Waals surface area contributed by atoms with Gasteiger partial charge in [0, 0.05) is 19.1 Å². The molecule has 0 bridgehead atoms. The van der Waals surface area contributed by atoms with Gasteiger partial charge < -0.3 is 21.3 Å². The molecule has 0 aromatic heterocycles. The number of guanidine groups is 1. The lowest BCUT2D eigenvalue weighted by Crippen LogP contribution is -2.45. The van der Waals surface area contributed by atoms with Crippen LogP contribution in [0.4, 0.5) is 4.79 Å². The molecule has 1 aromatic carbocycles. The Morgan fingerprint density at radius 1 is 1.05 bits per heavy atom. The van der Waals surface area contributed by atoms with Crippen molar-refractivity contribution in [1.82, 2.24) is 20.4 Å². The highest BCUT2D eigenvalue weighted by atomic mass is 16.2. The quantitative estimate of drug-likeness (QED) is 0.352. The zero-order chi connectivity index (χ0) is 27.7. The van der Waals surface area contributed by atoms with Gasteiger partial charge in [-0.15, -0.1) is 0 Å². The van der Waals surface area contributed by atoms with Crippen molar-refractivity contribution >= 4 is 17.9 Å². The molecule has 2 atom stereocenters. The van der Waals surface area contributed by atoms with Gasteiger partial charge in [0.15, 0.2) is 5.96 Å². The van der Waals surface area contributed by atoms with Crippen molar-refractivity contribution in [2.45, 2.75) is 115 Å². The Bertz CT molecular complexity index is 974. The molecule has 2 fully saturated rings. The van der Waals surface area contributed by atoms with E-state index in [-0.39, 0.29) is 11.9 Å². The molecule has 3 amide bonds. The van der Waals surface area contributed by atoms with Gasteiger partial charge in [0.25, 0.3) is 5.91 Å². The highest BCUT2D eigenvalue weighted by molar-refractivity contribution is 6.06. The van der Waals surface area contributed by atoms with Gasteiger partial charge in [-0.2, -0.15) is 0 Å². The summed E-state index contributed by atoms with van der Waals surface area (Å²) in [7, 11) is 2.18. The van der Waals surface area contributed by atoms with Gasteiger partial charge in [-0.3, -0.25) is 9.69 Å². The number of urea groups is 1. The summed E-state index contributed by atoms with van der Waals surface area (Å²) >= 11 is 0. The molecule has 2 heterocycles. The second-order valence-electron chi connectivity index (χ2n) is 12.0. The standard InChI is InChI=1S/C31H50N6O2/c1-3-4-18-31(21-24-10-6-5-7-11-24)28(38)37(29(32)35-31)23-26-15-13-25(14-16-26)22-34-30(39)33-19-17-27-12-8-9-20-36(27)2/h13-16,24,27H,3-12,17-23H2,1-2H3,(H2,32,35)(H2,33,34,39). The molecular formula is C31H50N6O2. The lowest BCUT2D eigenvalue weighted by molar-refractivity contribution is -0.132. The Balaban J connectivity index is 1.26. The van der Waals surface area contributed by atoms with Gasteiger partial charge in [-0.05, 0) is 62.7 Å². The summed E-state index contributed by atoms with van der Waals surface area (Å²) in [4.78, 5) is 35.0. The number of piperidine rings is 1. The highest BCUT2D eigenvalue weighted by Crippen LogP contribution is 2.39. The van der Waals surface area contributed by atoms with Crippen molar-refractivity contribution in [1.29, 1.82) is 0 Å². The number of nitrogens with zero attached hydrogens (tertiary/aromatic N) is 3. The van der Waals surface area contributed by atoms with Gasteiger partial charge in [0.1, 0.15) is 5.54 Å². The number of carbonyl (C=O) groups excluding carboxylic acids is 2. The molecule has 1 aliphatic carbocycles. The van der Waals surface area contributed by atoms with Crippen molar-refractivity contribution in [3.05, 3.63) is 35.4 Å². The number of nitrogens with two attached hydrogens (primary N) is 1. The van der Waals surface area contributed by atoms with E-state index in [1.54, 1.807) is 4.90 Å².